The number of thioether (sulfide) groups is 1. The lowest BCUT2D eigenvalue weighted by molar-refractivity contribution is 0.0954. The van der Waals surface area contributed by atoms with Gasteiger partial charge < -0.3 is 9.88 Å². The summed E-state index contributed by atoms with van der Waals surface area (Å²) in [6.07, 6.45) is 3.63. The van der Waals surface area contributed by atoms with Crippen molar-refractivity contribution in [3.63, 3.8) is 0 Å². The molecule has 0 bridgehead atoms. The number of rotatable bonds is 8. The number of para-hydroxylation sites is 1. The molecule has 0 aliphatic heterocycles. The first-order valence-corrected chi connectivity index (χ1v) is 10.8. The summed E-state index contributed by atoms with van der Waals surface area (Å²) in [7, 11) is 0. The van der Waals surface area contributed by atoms with Crippen molar-refractivity contribution in [1.29, 1.82) is 0 Å². The van der Waals surface area contributed by atoms with Crippen molar-refractivity contribution in [3.05, 3.63) is 47.4 Å². The number of carbonyl (C=O) groups excluding carboxylic acids is 1. The van der Waals surface area contributed by atoms with Crippen molar-refractivity contribution in [3.8, 4) is 0 Å². The summed E-state index contributed by atoms with van der Waals surface area (Å²) in [5, 5.41) is 13.5. The van der Waals surface area contributed by atoms with Crippen LogP contribution in [0.3, 0.4) is 0 Å². The van der Waals surface area contributed by atoms with Crippen molar-refractivity contribution >= 4 is 28.6 Å². The number of nitrogens with zero attached hydrogens (tertiary/aromatic N) is 4. The van der Waals surface area contributed by atoms with Gasteiger partial charge in [0.1, 0.15) is 5.82 Å². The first-order chi connectivity index (χ1) is 13.5. The number of pyridine rings is 1. The minimum atomic E-state index is -0.0600. The fraction of sp³-hybridized carbons (Fsp3) is 0.429. The van der Waals surface area contributed by atoms with Crippen LogP contribution in [0.25, 0.3) is 10.9 Å². The standard InChI is InChI=1S/C21H27N5OS/c1-14(2)13-26-19(24-25-21(26)28-4)10-7-11-22-20(27)17-12-15(3)23-18-9-6-5-8-16(17)18/h5-6,8-9,12,14H,7,10-11,13H2,1-4H3,(H,22,27). The van der Waals surface area contributed by atoms with Crippen LogP contribution >= 0.6 is 11.8 Å². The number of aromatic nitrogens is 4. The largest absolute Gasteiger partial charge is 0.352 e. The highest BCUT2D eigenvalue weighted by Gasteiger charge is 2.14. The van der Waals surface area contributed by atoms with Crippen LogP contribution in [0.4, 0.5) is 0 Å². The molecule has 0 aliphatic rings. The van der Waals surface area contributed by atoms with Gasteiger partial charge in [-0.25, -0.2) is 0 Å². The number of hydrogen-bond acceptors (Lipinski definition) is 5. The maximum atomic E-state index is 12.7. The van der Waals surface area contributed by atoms with Crippen LogP contribution in [0, 0.1) is 12.8 Å². The van der Waals surface area contributed by atoms with E-state index in [0.717, 1.165) is 47.0 Å². The molecule has 0 fully saturated rings. The van der Waals surface area contributed by atoms with Gasteiger partial charge in [0.15, 0.2) is 5.16 Å². The van der Waals surface area contributed by atoms with Crippen LogP contribution < -0.4 is 5.32 Å². The van der Waals surface area contributed by atoms with Crippen molar-refractivity contribution in [2.24, 2.45) is 5.92 Å². The summed E-state index contributed by atoms with van der Waals surface area (Å²) in [6.45, 7) is 7.79. The van der Waals surface area contributed by atoms with Gasteiger partial charge in [0.25, 0.3) is 5.91 Å². The molecule has 0 radical (unpaired) electrons. The number of amides is 1. The Balaban J connectivity index is 1.62. The molecule has 0 saturated heterocycles. The predicted octanol–water partition coefficient (Wildman–Crippen LogP) is 3.88. The molecule has 0 spiro atoms. The average Bonchev–Trinajstić information content (AvgIpc) is 3.05. The lowest BCUT2D eigenvalue weighted by Crippen LogP contribution is -2.25. The van der Waals surface area contributed by atoms with Crippen molar-refractivity contribution in [1.82, 2.24) is 25.1 Å². The molecular weight excluding hydrogens is 370 g/mol. The normalized spacial score (nSPS) is 11.3. The van der Waals surface area contributed by atoms with E-state index in [0.29, 0.717) is 18.0 Å². The molecule has 1 amide bonds. The summed E-state index contributed by atoms with van der Waals surface area (Å²) in [6, 6.07) is 9.59. The maximum absolute atomic E-state index is 12.7. The fourth-order valence-electron chi connectivity index (χ4n) is 3.24. The quantitative estimate of drug-likeness (QED) is 0.461. The zero-order valence-electron chi connectivity index (χ0n) is 16.9. The highest BCUT2D eigenvalue weighted by atomic mass is 32.2. The smallest absolute Gasteiger partial charge is 0.252 e. The van der Waals surface area contributed by atoms with E-state index < -0.39 is 0 Å². The zero-order valence-corrected chi connectivity index (χ0v) is 17.7. The number of nitrogens with one attached hydrogen (secondary N) is 1. The highest BCUT2D eigenvalue weighted by molar-refractivity contribution is 7.98. The summed E-state index contributed by atoms with van der Waals surface area (Å²) >= 11 is 1.62. The SMILES string of the molecule is CSc1nnc(CCCNC(=O)c2cc(C)nc3ccccc23)n1CC(C)C. The lowest BCUT2D eigenvalue weighted by Gasteiger charge is -2.12. The predicted molar refractivity (Wildman–Crippen MR) is 114 cm³/mol. The molecule has 2 heterocycles. The number of fused-ring (bicyclic) bond motifs is 1. The van der Waals surface area contributed by atoms with Gasteiger partial charge in [-0.3, -0.25) is 9.78 Å². The summed E-state index contributed by atoms with van der Waals surface area (Å²) in [5.41, 5.74) is 2.37. The van der Waals surface area contributed by atoms with Crippen LogP contribution in [-0.4, -0.2) is 38.5 Å². The second kappa shape index (κ2) is 9.19. The van der Waals surface area contributed by atoms with E-state index in [-0.39, 0.29) is 5.91 Å². The van der Waals surface area contributed by atoms with Gasteiger partial charge in [-0.1, -0.05) is 43.8 Å². The fourth-order valence-corrected chi connectivity index (χ4v) is 3.77. The third kappa shape index (κ3) is 4.70. The Hall–Kier alpha value is -2.41. The molecule has 0 unspecified atom stereocenters. The molecule has 0 atom stereocenters. The molecule has 148 valence electrons. The van der Waals surface area contributed by atoms with Gasteiger partial charge in [0, 0.05) is 30.6 Å². The monoisotopic (exact) mass is 397 g/mol. The van der Waals surface area contributed by atoms with Gasteiger partial charge >= 0.3 is 0 Å². The Morgan fingerprint density at radius 1 is 1.25 bits per heavy atom. The summed E-state index contributed by atoms with van der Waals surface area (Å²) in [5.74, 6) is 1.45. The number of hydrogen-bond donors (Lipinski definition) is 1. The molecule has 2 aromatic heterocycles. The first kappa shape index (κ1) is 20.3. The molecular formula is C21H27N5OS. The van der Waals surface area contributed by atoms with Crippen LogP contribution in [0.5, 0.6) is 0 Å². The molecule has 3 aromatic rings. The van der Waals surface area contributed by atoms with Crippen LogP contribution in [0.2, 0.25) is 0 Å². The van der Waals surface area contributed by atoms with Crippen LogP contribution in [0.1, 0.15) is 42.1 Å². The van der Waals surface area contributed by atoms with Crippen LogP contribution in [0.15, 0.2) is 35.5 Å². The molecule has 1 N–H and O–H groups in total. The Bertz CT molecular complexity index is 967. The lowest BCUT2D eigenvalue weighted by atomic mass is 10.1. The number of aryl methyl sites for hydroxylation is 2. The zero-order chi connectivity index (χ0) is 20.1. The molecule has 6 nitrogen and oxygen atoms in total. The molecule has 0 saturated carbocycles. The Labute approximate surface area is 170 Å². The van der Waals surface area contributed by atoms with Gasteiger partial charge in [-0.05, 0) is 37.7 Å². The van der Waals surface area contributed by atoms with E-state index in [4.69, 9.17) is 0 Å². The Morgan fingerprint density at radius 2 is 2.04 bits per heavy atom. The third-order valence-corrected chi connectivity index (χ3v) is 5.14. The van der Waals surface area contributed by atoms with Crippen molar-refractivity contribution < 1.29 is 4.79 Å². The molecule has 3 rings (SSSR count). The van der Waals surface area contributed by atoms with Crippen molar-refractivity contribution in [2.75, 3.05) is 12.8 Å². The molecule has 0 aliphatic carbocycles. The van der Waals surface area contributed by atoms with E-state index in [2.05, 4.69) is 38.9 Å². The topological polar surface area (TPSA) is 72.7 Å². The van der Waals surface area contributed by atoms with E-state index in [1.165, 1.54) is 0 Å². The summed E-state index contributed by atoms with van der Waals surface area (Å²) in [4.78, 5) is 17.2. The molecule has 28 heavy (non-hydrogen) atoms. The van der Waals surface area contributed by atoms with E-state index in [9.17, 15) is 4.79 Å². The Kier molecular flexibility index (Phi) is 6.67. The minimum Gasteiger partial charge on any atom is -0.352 e. The van der Waals surface area contributed by atoms with Gasteiger partial charge in [-0.2, -0.15) is 0 Å². The maximum Gasteiger partial charge on any atom is 0.252 e. The van der Waals surface area contributed by atoms with E-state index in [1.54, 1.807) is 11.8 Å². The number of benzene rings is 1. The summed E-state index contributed by atoms with van der Waals surface area (Å²) < 4.78 is 2.19. The van der Waals surface area contributed by atoms with E-state index >= 15 is 0 Å². The molecule has 1 aromatic carbocycles. The number of carbonyl (C=O) groups is 1. The Morgan fingerprint density at radius 3 is 2.79 bits per heavy atom. The minimum absolute atomic E-state index is 0.0600. The second-order valence-corrected chi connectivity index (χ2v) is 8.07. The van der Waals surface area contributed by atoms with E-state index in [1.807, 2.05) is 43.5 Å². The third-order valence-electron chi connectivity index (χ3n) is 4.48. The second-order valence-electron chi connectivity index (χ2n) is 7.30. The van der Waals surface area contributed by atoms with Gasteiger partial charge in [0.05, 0.1) is 11.1 Å². The van der Waals surface area contributed by atoms with Gasteiger partial charge in [0.2, 0.25) is 0 Å². The first-order valence-electron chi connectivity index (χ1n) is 9.60. The van der Waals surface area contributed by atoms with Crippen LogP contribution in [-0.2, 0) is 13.0 Å². The molecule has 7 heteroatoms. The van der Waals surface area contributed by atoms with Crippen molar-refractivity contribution in [2.45, 2.75) is 45.3 Å². The van der Waals surface area contributed by atoms with Gasteiger partial charge in [-0.15, -0.1) is 10.2 Å². The highest BCUT2D eigenvalue weighted by Crippen LogP contribution is 2.19. The average molecular weight is 398 g/mol.